The van der Waals surface area contributed by atoms with Gasteiger partial charge in [-0.1, -0.05) is 12.1 Å². The van der Waals surface area contributed by atoms with Crippen LogP contribution in [0.15, 0.2) is 35.4 Å². The van der Waals surface area contributed by atoms with Crippen LogP contribution in [-0.2, 0) is 0 Å². The van der Waals surface area contributed by atoms with Crippen LogP contribution >= 0.6 is 0 Å². The van der Waals surface area contributed by atoms with Crippen LogP contribution in [0.4, 0.5) is 0 Å². The summed E-state index contributed by atoms with van der Waals surface area (Å²) < 4.78 is 3.32. The van der Waals surface area contributed by atoms with Crippen molar-refractivity contribution in [2.24, 2.45) is 0 Å². The molecule has 0 saturated heterocycles. The molecule has 0 aliphatic carbocycles. The maximum absolute atomic E-state index is 12.4. The van der Waals surface area contributed by atoms with Crippen LogP contribution in [0.5, 0.6) is 0 Å². The van der Waals surface area contributed by atoms with Crippen LogP contribution in [0.2, 0.25) is 0 Å². The molecule has 0 bridgehead atoms. The highest BCUT2D eigenvalue weighted by atomic mass is 16.1. The lowest BCUT2D eigenvalue weighted by Crippen LogP contribution is -2.21. The second-order valence-corrected chi connectivity index (χ2v) is 4.63. The maximum atomic E-state index is 12.4. The first-order valence-electron chi connectivity index (χ1n) is 6.09. The highest BCUT2D eigenvalue weighted by Gasteiger charge is 2.10. The van der Waals surface area contributed by atoms with Gasteiger partial charge in [-0.15, -0.1) is 10.2 Å². The van der Waals surface area contributed by atoms with E-state index >= 15 is 0 Å². The van der Waals surface area contributed by atoms with Gasteiger partial charge in [-0.2, -0.15) is 0 Å². The van der Waals surface area contributed by atoms with E-state index in [9.17, 15) is 4.79 Å². The summed E-state index contributed by atoms with van der Waals surface area (Å²) in [6.45, 7) is 5.86. The van der Waals surface area contributed by atoms with Gasteiger partial charge in [0.2, 0.25) is 5.65 Å². The van der Waals surface area contributed by atoms with Gasteiger partial charge in [0.25, 0.3) is 0 Å². The first-order valence-corrected chi connectivity index (χ1v) is 6.09. The summed E-state index contributed by atoms with van der Waals surface area (Å²) in [7, 11) is 0. The molecule has 5 nitrogen and oxygen atoms in total. The summed E-state index contributed by atoms with van der Waals surface area (Å²) >= 11 is 0. The molecule has 0 atom stereocenters. The topological polar surface area (TPSA) is 52.2 Å². The minimum absolute atomic E-state index is 0.156. The van der Waals surface area contributed by atoms with E-state index in [4.69, 9.17) is 0 Å². The Kier molecular flexibility index (Phi) is 2.48. The summed E-state index contributed by atoms with van der Waals surface area (Å²) in [6, 6.07) is 5.91. The second-order valence-electron chi connectivity index (χ2n) is 4.63. The predicted octanol–water partition coefficient (Wildman–Crippen LogP) is 1.81. The van der Waals surface area contributed by atoms with Gasteiger partial charge in [0.1, 0.15) is 5.82 Å². The van der Waals surface area contributed by atoms with Crippen molar-refractivity contribution in [1.29, 1.82) is 0 Å². The van der Waals surface area contributed by atoms with Crippen LogP contribution in [0.25, 0.3) is 11.3 Å². The average Bonchev–Trinajstić information content (AvgIpc) is 2.77. The zero-order valence-electron chi connectivity index (χ0n) is 11.1. The van der Waals surface area contributed by atoms with Crippen LogP contribution in [-0.4, -0.2) is 19.2 Å². The Hall–Kier alpha value is -2.43. The van der Waals surface area contributed by atoms with Gasteiger partial charge in [-0.05, 0) is 38.0 Å². The van der Waals surface area contributed by atoms with E-state index in [0.29, 0.717) is 11.5 Å². The molecule has 0 amide bonds. The molecule has 0 saturated carbocycles. The Morgan fingerprint density at radius 2 is 1.84 bits per heavy atom. The number of hydrogen-bond acceptors (Lipinski definition) is 3. The Balaban J connectivity index is 2.35. The molecule has 3 rings (SSSR count). The predicted molar refractivity (Wildman–Crippen MR) is 72.8 cm³/mol. The lowest BCUT2D eigenvalue weighted by molar-refractivity contribution is 0.927. The van der Waals surface area contributed by atoms with Gasteiger partial charge < -0.3 is 0 Å². The molecule has 96 valence electrons. The SMILES string of the molecule is Cc1cccc(-n2ccn3c(C)nnc3c2=O)c1C. The molecule has 0 aliphatic rings. The van der Waals surface area contributed by atoms with Gasteiger partial charge in [-0.25, -0.2) is 0 Å². The van der Waals surface area contributed by atoms with Crippen molar-refractivity contribution in [2.45, 2.75) is 20.8 Å². The highest BCUT2D eigenvalue weighted by molar-refractivity contribution is 5.47. The summed E-state index contributed by atoms with van der Waals surface area (Å²) in [6.07, 6.45) is 3.57. The van der Waals surface area contributed by atoms with Crippen LogP contribution in [0.1, 0.15) is 17.0 Å². The number of aromatic nitrogens is 4. The van der Waals surface area contributed by atoms with Crippen molar-refractivity contribution >= 4 is 5.65 Å². The van der Waals surface area contributed by atoms with Crippen molar-refractivity contribution in [3.8, 4) is 5.69 Å². The van der Waals surface area contributed by atoms with E-state index in [1.807, 2.05) is 45.2 Å². The molecular weight excluding hydrogens is 240 g/mol. The van der Waals surface area contributed by atoms with E-state index < -0.39 is 0 Å². The van der Waals surface area contributed by atoms with Crippen molar-refractivity contribution in [3.63, 3.8) is 0 Å². The molecule has 0 spiro atoms. The summed E-state index contributed by atoms with van der Waals surface area (Å²) in [5.74, 6) is 0.709. The smallest absolute Gasteiger partial charge is 0.281 e. The number of fused-ring (bicyclic) bond motifs is 1. The lowest BCUT2D eigenvalue weighted by Gasteiger charge is -2.11. The second kappa shape index (κ2) is 4.05. The minimum atomic E-state index is -0.156. The normalized spacial score (nSPS) is 11.1. The van der Waals surface area contributed by atoms with E-state index in [-0.39, 0.29) is 5.56 Å². The number of hydrogen-bond donors (Lipinski definition) is 0. The Morgan fingerprint density at radius 3 is 2.63 bits per heavy atom. The van der Waals surface area contributed by atoms with E-state index in [1.165, 1.54) is 0 Å². The largest absolute Gasteiger partial charge is 0.300 e. The van der Waals surface area contributed by atoms with Crippen molar-refractivity contribution in [2.75, 3.05) is 0 Å². The maximum Gasteiger partial charge on any atom is 0.300 e. The Morgan fingerprint density at radius 1 is 1.05 bits per heavy atom. The highest BCUT2D eigenvalue weighted by Crippen LogP contribution is 2.16. The van der Waals surface area contributed by atoms with Crippen LogP contribution in [0.3, 0.4) is 0 Å². The molecule has 2 aromatic heterocycles. The van der Waals surface area contributed by atoms with Gasteiger partial charge in [0.05, 0.1) is 5.69 Å². The third-order valence-electron chi connectivity index (χ3n) is 3.48. The molecular formula is C14H14N4O. The zero-order chi connectivity index (χ0) is 13.6. The van der Waals surface area contributed by atoms with E-state index in [0.717, 1.165) is 16.8 Å². The summed E-state index contributed by atoms with van der Waals surface area (Å²) in [5.41, 5.74) is 3.32. The van der Waals surface area contributed by atoms with Crippen molar-refractivity contribution < 1.29 is 0 Å². The molecule has 3 aromatic rings. The first kappa shape index (κ1) is 11.6. The molecule has 19 heavy (non-hydrogen) atoms. The molecule has 0 unspecified atom stereocenters. The number of nitrogens with zero attached hydrogens (tertiary/aromatic N) is 4. The lowest BCUT2D eigenvalue weighted by atomic mass is 10.1. The zero-order valence-corrected chi connectivity index (χ0v) is 11.1. The molecule has 0 aliphatic heterocycles. The Bertz CT molecular complexity index is 829. The summed E-state index contributed by atoms with van der Waals surface area (Å²) in [4.78, 5) is 12.4. The molecule has 2 heterocycles. The third-order valence-corrected chi connectivity index (χ3v) is 3.48. The first-order chi connectivity index (χ1) is 9.09. The third kappa shape index (κ3) is 1.66. The quantitative estimate of drug-likeness (QED) is 0.665. The standard InChI is InChI=1S/C14H14N4O/c1-9-5-4-6-12(10(9)2)18-8-7-17-11(3)15-16-13(17)14(18)19/h4-8H,1-3H3. The van der Waals surface area contributed by atoms with Crippen LogP contribution in [0, 0.1) is 20.8 Å². The fourth-order valence-electron chi connectivity index (χ4n) is 2.19. The van der Waals surface area contributed by atoms with Gasteiger partial charge in [0.15, 0.2) is 0 Å². The Labute approximate surface area is 110 Å². The van der Waals surface area contributed by atoms with Gasteiger partial charge in [-0.3, -0.25) is 13.8 Å². The van der Waals surface area contributed by atoms with Crippen molar-refractivity contribution in [3.05, 3.63) is 57.9 Å². The summed E-state index contributed by atoms with van der Waals surface area (Å²) in [5, 5.41) is 7.87. The fourth-order valence-corrected chi connectivity index (χ4v) is 2.19. The van der Waals surface area contributed by atoms with E-state index in [2.05, 4.69) is 10.2 Å². The van der Waals surface area contributed by atoms with Crippen molar-refractivity contribution in [1.82, 2.24) is 19.2 Å². The molecule has 0 radical (unpaired) electrons. The molecule has 1 aromatic carbocycles. The number of rotatable bonds is 1. The molecule has 0 fully saturated rings. The minimum Gasteiger partial charge on any atom is -0.281 e. The van der Waals surface area contributed by atoms with E-state index in [1.54, 1.807) is 15.2 Å². The monoisotopic (exact) mass is 254 g/mol. The molecule has 0 N–H and O–H groups in total. The average molecular weight is 254 g/mol. The van der Waals surface area contributed by atoms with Gasteiger partial charge in [0, 0.05) is 12.4 Å². The number of aryl methyl sites for hydroxylation is 2. The van der Waals surface area contributed by atoms with Crippen LogP contribution < -0.4 is 5.56 Å². The molecule has 5 heteroatoms. The number of benzene rings is 1. The fraction of sp³-hybridized carbons (Fsp3) is 0.214. The van der Waals surface area contributed by atoms with Gasteiger partial charge >= 0.3 is 5.56 Å².